The summed E-state index contributed by atoms with van der Waals surface area (Å²) in [6.45, 7) is 3.54. The maximum Gasteiger partial charge on any atom is 0.243 e. The smallest absolute Gasteiger partial charge is 0.243 e. The molecular formula is C20H29N5O2S. The topological polar surface area (TPSA) is 78.4 Å². The van der Waals surface area contributed by atoms with Gasteiger partial charge in [-0.25, -0.2) is 18.4 Å². The zero-order chi connectivity index (χ0) is 20.3. The molecule has 1 N–H and O–H groups in total. The molecule has 7 nitrogen and oxygen atoms in total. The average molecular weight is 404 g/mol. The average Bonchev–Trinajstić information content (AvgIpc) is 2.68. The van der Waals surface area contributed by atoms with Gasteiger partial charge in [-0.1, -0.05) is 17.7 Å². The lowest BCUT2D eigenvalue weighted by Crippen LogP contribution is -2.39. The molecule has 0 unspecified atom stereocenters. The van der Waals surface area contributed by atoms with Crippen LogP contribution in [0.15, 0.2) is 35.2 Å². The molecule has 1 aliphatic heterocycles. The fourth-order valence-corrected chi connectivity index (χ4v) is 4.94. The van der Waals surface area contributed by atoms with Crippen molar-refractivity contribution in [2.45, 2.75) is 37.1 Å². The molecule has 2 heterocycles. The third-order valence-corrected chi connectivity index (χ3v) is 6.89. The van der Waals surface area contributed by atoms with Crippen LogP contribution in [0.4, 0.5) is 5.82 Å². The number of hydrogen-bond donors (Lipinski definition) is 1. The van der Waals surface area contributed by atoms with Crippen LogP contribution in [-0.2, 0) is 16.6 Å². The maximum absolute atomic E-state index is 13.1. The Bertz CT molecular complexity index is 913. The lowest BCUT2D eigenvalue weighted by molar-refractivity contribution is 0.309. The Hall–Kier alpha value is -2.03. The molecule has 0 radical (unpaired) electrons. The van der Waals surface area contributed by atoms with Crippen LogP contribution in [0.3, 0.4) is 0 Å². The highest BCUT2D eigenvalue weighted by atomic mass is 32.2. The minimum Gasteiger partial charge on any atom is -0.363 e. The van der Waals surface area contributed by atoms with E-state index >= 15 is 0 Å². The van der Waals surface area contributed by atoms with Gasteiger partial charge in [0.2, 0.25) is 10.0 Å². The Morgan fingerprint density at radius 3 is 2.57 bits per heavy atom. The summed E-state index contributed by atoms with van der Waals surface area (Å²) >= 11 is 0. The van der Waals surface area contributed by atoms with Gasteiger partial charge < -0.3 is 10.2 Å². The van der Waals surface area contributed by atoms with Gasteiger partial charge in [-0.2, -0.15) is 4.31 Å². The van der Waals surface area contributed by atoms with Crippen LogP contribution in [0.25, 0.3) is 0 Å². The first-order valence-corrected chi connectivity index (χ1v) is 11.0. The molecule has 3 rings (SSSR count). The Balaban J connectivity index is 1.88. The van der Waals surface area contributed by atoms with Crippen molar-refractivity contribution < 1.29 is 8.42 Å². The highest BCUT2D eigenvalue weighted by Gasteiger charge is 2.32. The minimum absolute atomic E-state index is 0.00974. The summed E-state index contributed by atoms with van der Waals surface area (Å²) in [7, 11) is 2.27. The fourth-order valence-electron chi connectivity index (χ4n) is 3.42. The number of aromatic nitrogens is 2. The predicted octanol–water partition coefficient (Wildman–Crippen LogP) is 2.14. The second-order valence-electron chi connectivity index (χ2n) is 7.52. The zero-order valence-electron chi connectivity index (χ0n) is 17.0. The molecule has 0 spiro atoms. The van der Waals surface area contributed by atoms with Crippen molar-refractivity contribution in [3.8, 4) is 0 Å². The monoisotopic (exact) mass is 403 g/mol. The lowest BCUT2D eigenvalue weighted by Gasteiger charge is -2.31. The van der Waals surface area contributed by atoms with Crippen LogP contribution in [0.2, 0.25) is 0 Å². The van der Waals surface area contributed by atoms with Gasteiger partial charge in [0.25, 0.3) is 0 Å². The summed E-state index contributed by atoms with van der Waals surface area (Å²) in [5.41, 5.74) is 1.95. The first-order valence-electron chi connectivity index (χ1n) is 9.58. The van der Waals surface area contributed by atoms with Crippen molar-refractivity contribution in [2.24, 2.45) is 0 Å². The van der Waals surface area contributed by atoms with Gasteiger partial charge >= 0.3 is 0 Å². The molecule has 1 fully saturated rings. The molecule has 1 atom stereocenters. The molecule has 0 aliphatic carbocycles. The largest absolute Gasteiger partial charge is 0.363 e. The van der Waals surface area contributed by atoms with Crippen molar-refractivity contribution in [3.05, 3.63) is 47.4 Å². The maximum atomic E-state index is 13.1. The third kappa shape index (κ3) is 4.51. The van der Waals surface area contributed by atoms with Gasteiger partial charge in [-0.3, -0.25) is 0 Å². The number of hydrogen-bond acceptors (Lipinski definition) is 6. The number of nitrogens with zero attached hydrogens (tertiary/aromatic N) is 4. The van der Waals surface area contributed by atoms with Crippen LogP contribution >= 0.6 is 0 Å². The summed E-state index contributed by atoms with van der Waals surface area (Å²) in [5.74, 6) is 1.55. The van der Waals surface area contributed by atoms with E-state index in [4.69, 9.17) is 9.97 Å². The van der Waals surface area contributed by atoms with Crippen LogP contribution in [-0.4, -0.2) is 56.9 Å². The third-order valence-electron chi connectivity index (χ3n) is 5.01. The summed E-state index contributed by atoms with van der Waals surface area (Å²) in [4.78, 5) is 11.7. The molecule has 28 heavy (non-hydrogen) atoms. The van der Waals surface area contributed by atoms with E-state index in [-0.39, 0.29) is 5.92 Å². The Kier molecular flexibility index (Phi) is 6.32. The van der Waals surface area contributed by atoms with E-state index in [2.05, 4.69) is 5.32 Å². The van der Waals surface area contributed by atoms with Gasteiger partial charge in [-0.15, -0.1) is 0 Å². The molecule has 0 amide bonds. The summed E-state index contributed by atoms with van der Waals surface area (Å²) in [6.07, 6.45) is 1.68. The van der Waals surface area contributed by atoms with Gasteiger partial charge in [0.1, 0.15) is 11.6 Å². The second kappa shape index (κ2) is 8.55. The summed E-state index contributed by atoms with van der Waals surface area (Å²) < 4.78 is 27.8. The van der Waals surface area contributed by atoms with Crippen LogP contribution in [0.5, 0.6) is 0 Å². The van der Waals surface area contributed by atoms with Gasteiger partial charge in [0.15, 0.2) is 0 Å². The first kappa shape index (κ1) is 20.7. The zero-order valence-corrected chi connectivity index (χ0v) is 17.8. The van der Waals surface area contributed by atoms with E-state index in [1.807, 2.05) is 51.2 Å². The number of piperidine rings is 1. The van der Waals surface area contributed by atoms with E-state index < -0.39 is 10.0 Å². The first-order chi connectivity index (χ1) is 13.3. The highest BCUT2D eigenvalue weighted by Crippen LogP contribution is 2.29. The normalized spacial score (nSPS) is 18.2. The molecule has 1 aliphatic rings. The van der Waals surface area contributed by atoms with Crippen LogP contribution in [0.1, 0.15) is 35.8 Å². The Morgan fingerprint density at radius 1 is 1.21 bits per heavy atom. The van der Waals surface area contributed by atoms with Crippen molar-refractivity contribution in [1.82, 2.24) is 19.6 Å². The van der Waals surface area contributed by atoms with E-state index in [1.54, 1.807) is 16.4 Å². The van der Waals surface area contributed by atoms with E-state index in [0.717, 1.165) is 35.7 Å². The van der Waals surface area contributed by atoms with Gasteiger partial charge in [0.05, 0.1) is 10.6 Å². The Morgan fingerprint density at radius 2 is 1.93 bits per heavy atom. The number of nitrogens with one attached hydrogen (secondary N) is 1. The van der Waals surface area contributed by atoms with E-state index in [1.165, 1.54) is 0 Å². The minimum atomic E-state index is -3.51. The number of benzene rings is 1. The highest BCUT2D eigenvalue weighted by molar-refractivity contribution is 7.89. The van der Waals surface area contributed by atoms with Gasteiger partial charge in [-0.05, 0) is 38.9 Å². The van der Waals surface area contributed by atoms with E-state index in [9.17, 15) is 8.42 Å². The molecule has 1 aromatic heterocycles. The second-order valence-corrected chi connectivity index (χ2v) is 9.45. The fraction of sp³-hybridized carbons (Fsp3) is 0.500. The molecule has 0 bridgehead atoms. The predicted molar refractivity (Wildman–Crippen MR) is 111 cm³/mol. The molecule has 1 aromatic carbocycles. The molecule has 2 aromatic rings. The van der Waals surface area contributed by atoms with Crippen molar-refractivity contribution in [1.29, 1.82) is 0 Å². The van der Waals surface area contributed by atoms with Crippen LogP contribution < -0.4 is 10.2 Å². The molecule has 0 saturated carbocycles. The quantitative estimate of drug-likeness (QED) is 0.796. The SMILES string of the molecule is CNCc1cc(N(C)C)nc([C@@H]2CCCN(S(=O)(=O)c3ccc(C)cc3)C2)n1. The van der Waals surface area contributed by atoms with Crippen molar-refractivity contribution in [3.63, 3.8) is 0 Å². The lowest BCUT2D eigenvalue weighted by atomic mass is 9.98. The number of anilines is 1. The van der Waals surface area contributed by atoms with Crippen molar-refractivity contribution in [2.75, 3.05) is 39.1 Å². The summed E-state index contributed by atoms with van der Waals surface area (Å²) in [5, 5.41) is 3.12. The molecule has 1 saturated heterocycles. The van der Waals surface area contributed by atoms with Crippen LogP contribution in [0, 0.1) is 6.92 Å². The number of sulfonamides is 1. The summed E-state index contributed by atoms with van der Waals surface area (Å²) in [6, 6.07) is 9.00. The number of rotatable bonds is 6. The van der Waals surface area contributed by atoms with E-state index in [0.29, 0.717) is 24.5 Å². The molecule has 8 heteroatoms. The Labute approximate surface area is 167 Å². The van der Waals surface area contributed by atoms with Gasteiger partial charge in [0, 0.05) is 45.7 Å². The van der Waals surface area contributed by atoms with Crippen molar-refractivity contribution >= 4 is 15.8 Å². The molecular weight excluding hydrogens is 374 g/mol. The standard InChI is InChI=1S/C20H29N5O2S/c1-15-7-9-18(10-8-15)28(26,27)25-11-5-6-16(14-25)20-22-17(13-21-2)12-19(23-20)24(3)4/h7-10,12,16,21H,5-6,11,13-14H2,1-4H3/t16-/m1/s1. The number of aryl methyl sites for hydroxylation is 1. The molecule has 152 valence electrons.